The van der Waals surface area contributed by atoms with Gasteiger partial charge in [-0.15, -0.1) is 0 Å². The molecule has 0 spiro atoms. The van der Waals surface area contributed by atoms with Crippen molar-refractivity contribution in [1.82, 2.24) is 10.4 Å². The molecule has 0 bridgehead atoms. The highest BCUT2D eigenvalue weighted by atomic mass is 19.1. The molecule has 1 heterocycles. The van der Waals surface area contributed by atoms with Crippen LogP contribution in [0.1, 0.15) is 44.2 Å². The van der Waals surface area contributed by atoms with Crippen molar-refractivity contribution in [2.75, 3.05) is 0 Å². The van der Waals surface area contributed by atoms with Gasteiger partial charge in [0, 0.05) is 24.2 Å². The van der Waals surface area contributed by atoms with Crippen molar-refractivity contribution in [2.24, 2.45) is 0 Å². The van der Waals surface area contributed by atoms with E-state index in [1.54, 1.807) is 12.1 Å². The van der Waals surface area contributed by atoms with Gasteiger partial charge in [-0.3, -0.25) is 5.43 Å². The number of benzene rings is 1. The molecule has 2 unspecified atom stereocenters. The minimum Gasteiger partial charge on any atom is -0.250 e. The summed E-state index contributed by atoms with van der Waals surface area (Å²) in [5.41, 5.74) is 4.29. The number of hydrogen-bond donors (Lipinski definition) is 1. The van der Waals surface area contributed by atoms with Crippen molar-refractivity contribution in [3.05, 3.63) is 35.1 Å². The SMILES string of the molecule is CC1CCCC(C)N1NCc1ccc(C#N)cc1F. The average molecular weight is 261 g/mol. The molecule has 0 aromatic heterocycles. The van der Waals surface area contributed by atoms with Crippen molar-refractivity contribution < 1.29 is 4.39 Å². The van der Waals surface area contributed by atoms with E-state index in [1.807, 2.05) is 6.07 Å². The second-order valence-electron chi connectivity index (χ2n) is 5.29. The summed E-state index contributed by atoms with van der Waals surface area (Å²) >= 11 is 0. The van der Waals surface area contributed by atoms with Gasteiger partial charge in [0.1, 0.15) is 5.82 Å². The van der Waals surface area contributed by atoms with Crippen LogP contribution in [0.3, 0.4) is 0 Å². The second kappa shape index (κ2) is 6.14. The molecule has 1 aromatic rings. The van der Waals surface area contributed by atoms with Gasteiger partial charge >= 0.3 is 0 Å². The van der Waals surface area contributed by atoms with Crippen molar-refractivity contribution in [1.29, 1.82) is 5.26 Å². The minimum atomic E-state index is -0.316. The van der Waals surface area contributed by atoms with Crippen LogP contribution >= 0.6 is 0 Å². The Morgan fingerprint density at radius 1 is 1.37 bits per heavy atom. The van der Waals surface area contributed by atoms with E-state index in [2.05, 4.69) is 24.3 Å². The number of nitriles is 1. The molecule has 2 atom stereocenters. The summed E-state index contributed by atoms with van der Waals surface area (Å²) in [4.78, 5) is 0. The summed E-state index contributed by atoms with van der Waals surface area (Å²) in [5.74, 6) is -0.316. The molecule has 19 heavy (non-hydrogen) atoms. The van der Waals surface area contributed by atoms with Gasteiger partial charge in [0.05, 0.1) is 11.6 Å². The molecule has 4 heteroatoms. The standard InChI is InChI=1S/C15H20FN3/c1-11-4-3-5-12(2)19(11)18-10-14-7-6-13(9-17)8-15(14)16/h6-8,11-12,18H,3-5,10H2,1-2H3. The number of piperidine rings is 1. The zero-order valence-electron chi connectivity index (χ0n) is 11.5. The van der Waals surface area contributed by atoms with E-state index < -0.39 is 0 Å². The Hall–Kier alpha value is -1.44. The molecular formula is C15H20FN3. The monoisotopic (exact) mass is 261 g/mol. The first-order valence-electron chi connectivity index (χ1n) is 6.82. The molecule has 1 fully saturated rings. The first-order valence-corrected chi connectivity index (χ1v) is 6.82. The Bertz CT molecular complexity index is 471. The van der Waals surface area contributed by atoms with E-state index >= 15 is 0 Å². The van der Waals surface area contributed by atoms with E-state index in [0.29, 0.717) is 29.8 Å². The molecule has 1 saturated heterocycles. The highest BCUT2D eigenvalue weighted by Gasteiger charge is 2.24. The zero-order valence-corrected chi connectivity index (χ0v) is 11.5. The maximum atomic E-state index is 13.8. The van der Waals surface area contributed by atoms with Gasteiger partial charge in [0.2, 0.25) is 0 Å². The fourth-order valence-electron chi connectivity index (χ4n) is 2.67. The maximum absolute atomic E-state index is 13.8. The van der Waals surface area contributed by atoms with E-state index in [4.69, 9.17) is 5.26 Å². The Kier molecular flexibility index (Phi) is 4.52. The molecule has 0 amide bonds. The predicted molar refractivity (Wildman–Crippen MR) is 72.6 cm³/mol. The zero-order chi connectivity index (χ0) is 13.8. The summed E-state index contributed by atoms with van der Waals surface area (Å²) in [6.07, 6.45) is 3.60. The van der Waals surface area contributed by atoms with Crippen LogP contribution in [-0.4, -0.2) is 17.1 Å². The Morgan fingerprint density at radius 3 is 2.63 bits per heavy atom. The van der Waals surface area contributed by atoms with Crippen LogP contribution in [0.5, 0.6) is 0 Å². The third-order valence-corrected chi connectivity index (χ3v) is 3.83. The van der Waals surface area contributed by atoms with Crippen LogP contribution in [0.2, 0.25) is 0 Å². The molecule has 1 aromatic carbocycles. The number of nitrogens with zero attached hydrogens (tertiary/aromatic N) is 2. The van der Waals surface area contributed by atoms with Crippen LogP contribution in [0, 0.1) is 17.1 Å². The summed E-state index contributed by atoms with van der Waals surface area (Å²) in [7, 11) is 0. The number of rotatable bonds is 3. The minimum absolute atomic E-state index is 0.316. The van der Waals surface area contributed by atoms with E-state index in [1.165, 1.54) is 25.3 Å². The molecule has 0 radical (unpaired) electrons. The molecule has 1 aliphatic rings. The van der Waals surface area contributed by atoms with E-state index in [9.17, 15) is 4.39 Å². The largest absolute Gasteiger partial charge is 0.250 e. The topological polar surface area (TPSA) is 39.1 Å². The van der Waals surface area contributed by atoms with Gasteiger partial charge in [-0.25, -0.2) is 9.40 Å². The molecule has 0 saturated carbocycles. The van der Waals surface area contributed by atoms with Crippen LogP contribution in [-0.2, 0) is 6.54 Å². The lowest BCUT2D eigenvalue weighted by atomic mass is 10.00. The molecule has 2 rings (SSSR count). The predicted octanol–water partition coefficient (Wildman–Crippen LogP) is 2.96. The molecule has 0 aliphatic carbocycles. The first-order chi connectivity index (χ1) is 9.11. The second-order valence-corrected chi connectivity index (χ2v) is 5.29. The Morgan fingerprint density at radius 2 is 2.05 bits per heavy atom. The number of hydrazine groups is 1. The Labute approximate surface area is 114 Å². The van der Waals surface area contributed by atoms with Crippen LogP contribution in [0.15, 0.2) is 18.2 Å². The normalized spacial score (nSPS) is 24.1. The van der Waals surface area contributed by atoms with Crippen molar-refractivity contribution >= 4 is 0 Å². The van der Waals surface area contributed by atoms with Crippen molar-refractivity contribution in [2.45, 2.75) is 51.7 Å². The molecule has 1 N–H and O–H groups in total. The number of halogens is 1. The molecule has 102 valence electrons. The number of hydrogen-bond acceptors (Lipinski definition) is 3. The summed E-state index contributed by atoms with van der Waals surface area (Å²) in [6.45, 7) is 4.85. The van der Waals surface area contributed by atoms with Gasteiger partial charge in [-0.2, -0.15) is 5.26 Å². The van der Waals surface area contributed by atoms with Crippen LogP contribution in [0.4, 0.5) is 4.39 Å². The highest BCUT2D eigenvalue weighted by Crippen LogP contribution is 2.20. The maximum Gasteiger partial charge on any atom is 0.129 e. The summed E-state index contributed by atoms with van der Waals surface area (Å²) < 4.78 is 13.8. The molecule has 3 nitrogen and oxygen atoms in total. The average Bonchev–Trinajstić information content (AvgIpc) is 2.39. The fraction of sp³-hybridized carbons (Fsp3) is 0.533. The lowest BCUT2D eigenvalue weighted by molar-refractivity contribution is 0.0432. The summed E-state index contributed by atoms with van der Waals surface area (Å²) in [5, 5.41) is 10.9. The van der Waals surface area contributed by atoms with Gasteiger partial charge in [0.15, 0.2) is 0 Å². The van der Waals surface area contributed by atoms with Gasteiger partial charge in [-0.05, 0) is 38.8 Å². The molecule has 1 aliphatic heterocycles. The van der Waals surface area contributed by atoms with E-state index in [-0.39, 0.29) is 5.82 Å². The van der Waals surface area contributed by atoms with Gasteiger partial charge in [-0.1, -0.05) is 12.5 Å². The lowest BCUT2D eigenvalue weighted by Crippen LogP contribution is -2.51. The van der Waals surface area contributed by atoms with Crippen LogP contribution < -0.4 is 5.43 Å². The molecular weight excluding hydrogens is 241 g/mol. The van der Waals surface area contributed by atoms with Crippen molar-refractivity contribution in [3.63, 3.8) is 0 Å². The fourth-order valence-corrected chi connectivity index (χ4v) is 2.67. The summed E-state index contributed by atoms with van der Waals surface area (Å²) in [6, 6.07) is 7.53. The first kappa shape index (κ1) is 14.0. The van der Waals surface area contributed by atoms with Gasteiger partial charge in [0.25, 0.3) is 0 Å². The van der Waals surface area contributed by atoms with E-state index in [0.717, 1.165) is 0 Å². The Balaban J connectivity index is 2.00. The quantitative estimate of drug-likeness (QED) is 0.909. The van der Waals surface area contributed by atoms with Crippen molar-refractivity contribution in [3.8, 4) is 6.07 Å². The highest BCUT2D eigenvalue weighted by molar-refractivity contribution is 5.32. The van der Waals surface area contributed by atoms with Crippen LogP contribution in [0.25, 0.3) is 0 Å². The lowest BCUT2D eigenvalue weighted by Gasteiger charge is -2.39. The smallest absolute Gasteiger partial charge is 0.129 e. The number of nitrogens with one attached hydrogen (secondary N) is 1. The van der Waals surface area contributed by atoms with Gasteiger partial charge < -0.3 is 0 Å². The third-order valence-electron chi connectivity index (χ3n) is 3.83. The third kappa shape index (κ3) is 3.31.